The summed E-state index contributed by atoms with van der Waals surface area (Å²) in [6.45, 7) is 1.89. The van der Waals surface area contributed by atoms with E-state index >= 15 is 0 Å². The number of carboxylic acid groups (broad SMARTS) is 1. The van der Waals surface area contributed by atoms with Crippen LogP contribution in [0.1, 0.15) is 11.3 Å². The third-order valence-electron chi connectivity index (χ3n) is 2.70. The summed E-state index contributed by atoms with van der Waals surface area (Å²) in [5.41, 5.74) is 6.46. The Morgan fingerprint density at radius 1 is 1.29 bits per heavy atom. The number of aliphatic carboxylic acids is 1. The lowest BCUT2D eigenvalue weighted by molar-refractivity contribution is -0.364. The van der Waals surface area contributed by atoms with Crippen LogP contribution in [0, 0.1) is 6.92 Å². The molecule has 0 saturated heterocycles. The Balaban J connectivity index is 0.000000300. The number of H-pyrrole nitrogens is 1. The molecule has 0 unspecified atom stereocenters. The number of nitrogens with two attached hydrogens (primary N) is 1. The second-order valence-corrected chi connectivity index (χ2v) is 4.52. The minimum atomic E-state index is -1.65. The summed E-state index contributed by atoms with van der Waals surface area (Å²) in [6.07, 6.45) is 2.31. The van der Waals surface area contributed by atoms with Crippen LogP contribution in [0.3, 0.4) is 0 Å². The lowest BCUT2D eigenvalue weighted by Gasteiger charge is -2.11. The first kappa shape index (κ1) is 18.6. The number of rotatable bonds is 4. The highest BCUT2D eigenvalue weighted by atomic mass is 16.5. The van der Waals surface area contributed by atoms with Gasteiger partial charge in [-0.2, -0.15) is 0 Å². The van der Waals surface area contributed by atoms with Gasteiger partial charge in [-0.05, 0) is 30.7 Å². The van der Waals surface area contributed by atoms with Crippen LogP contribution in [-0.2, 0) is 9.59 Å². The molecule has 0 spiro atoms. The minimum absolute atomic E-state index is 0.232. The van der Waals surface area contributed by atoms with Crippen molar-refractivity contribution >= 4 is 23.5 Å². The molecule has 0 radical (unpaired) electrons. The molecule has 0 aliphatic heterocycles. The largest absolute Gasteiger partial charge is 0.872 e. The zero-order chi connectivity index (χ0) is 18.1. The predicted octanol–water partition coefficient (Wildman–Crippen LogP) is -0.164. The summed E-state index contributed by atoms with van der Waals surface area (Å²) in [6, 6.07) is 7.86. The fraction of sp³-hybridized carbons (Fsp3) is 0.125. The maximum atomic E-state index is 11.4. The number of nitrogen functional groups attached to an aromatic ring is 1. The maximum Gasteiger partial charge on any atom is 0.387 e. The highest BCUT2D eigenvalue weighted by Gasteiger charge is 2.06. The van der Waals surface area contributed by atoms with Crippen molar-refractivity contribution in [2.24, 2.45) is 0 Å². The normalized spacial score (nSPS) is 10.3. The molecule has 1 heterocycles. The number of nitrogens with zero attached hydrogens (tertiary/aromatic N) is 1. The second-order valence-electron chi connectivity index (χ2n) is 4.52. The number of methoxy groups -OCH3 is 1. The van der Waals surface area contributed by atoms with Crippen molar-refractivity contribution in [3.05, 3.63) is 53.9 Å². The Morgan fingerprint density at radius 3 is 2.33 bits per heavy atom. The van der Waals surface area contributed by atoms with Gasteiger partial charge in [-0.15, -0.1) is 0 Å². The molecule has 8 nitrogen and oxygen atoms in total. The first-order valence-electron chi connectivity index (χ1n) is 6.74. The van der Waals surface area contributed by atoms with Crippen LogP contribution < -0.4 is 20.6 Å². The van der Waals surface area contributed by atoms with Gasteiger partial charge in [0, 0.05) is 6.07 Å². The van der Waals surface area contributed by atoms with E-state index in [4.69, 9.17) is 15.6 Å². The van der Waals surface area contributed by atoms with Gasteiger partial charge in [0.05, 0.1) is 13.3 Å². The molecule has 0 saturated carbocycles. The number of carbonyl (C=O) groups is 2. The summed E-state index contributed by atoms with van der Waals surface area (Å²) < 4.78 is 4.89. The molecule has 0 fully saturated rings. The number of hydrogen-bond donors (Lipinski definition) is 2. The summed E-state index contributed by atoms with van der Waals surface area (Å²) in [5, 5.41) is 19.7. The summed E-state index contributed by atoms with van der Waals surface area (Å²) in [4.78, 5) is 27.6. The van der Waals surface area contributed by atoms with Crippen molar-refractivity contribution in [3.63, 3.8) is 0 Å². The third-order valence-corrected chi connectivity index (χ3v) is 2.70. The number of aromatic amines is 1. The third kappa shape index (κ3) is 6.14. The Morgan fingerprint density at radius 2 is 1.92 bits per heavy atom. The van der Waals surface area contributed by atoms with Gasteiger partial charge in [0.2, 0.25) is 0 Å². The molecular formula is C16H17N3O5. The molecule has 2 rings (SSSR count). The van der Waals surface area contributed by atoms with Gasteiger partial charge in [0.15, 0.2) is 0 Å². The Bertz CT molecular complexity index is 724. The van der Waals surface area contributed by atoms with E-state index in [-0.39, 0.29) is 5.56 Å². The number of hydrogen-bond acceptors (Lipinski definition) is 6. The van der Waals surface area contributed by atoms with Gasteiger partial charge in [0.25, 0.3) is 5.78 Å². The average Bonchev–Trinajstić information content (AvgIpc) is 2.55. The predicted molar refractivity (Wildman–Crippen MR) is 83.6 cm³/mol. The number of anilines is 1. The lowest BCUT2D eigenvalue weighted by atomic mass is 10.1. The molecular weight excluding hydrogens is 314 g/mol. The number of benzene rings is 1. The van der Waals surface area contributed by atoms with Crippen molar-refractivity contribution < 1.29 is 29.5 Å². The monoisotopic (exact) mass is 331 g/mol. The molecule has 1 aromatic heterocycles. The molecule has 1 aromatic carbocycles. The number of aromatic nitrogens is 2. The summed E-state index contributed by atoms with van der Waals surface area (Å²) in [7, 11) is 1.48. The van der Waals surface area contributed by atoms with E-state index in [0.717, 1.165) is 5.69 Å². The van der Waals surface area contributed by atoms with E-state index in [1.54, 1.807) is 18.3 Å². The quantitative estimate of drug-likeness (QED) is 0.450. The van der Waals surface area contributed by atoms with Gasteiger partial charge in [0.1, 0.15) is 11.4 Å². The zero-order valence-electron chi connectivity index (χ0n) is 13.1. The molecule has 4 N–H and O–H groups in total. The van der Waals surface area contributed by atoms with Gasteiger partial charge < -0.3 is 14.9 Å². The molecule has 0 aliphatic rings. The molecule has 0 amide bonds. The number of ether oxygens (including phenoxy) is 1. The number of carbonyl (C=O) groups excluding carboxylic acids is 1. The Hall–Kier alpha value is -3.42. The number of aryl methyl sites for hydroxylation is 1. The van der Waals surface area contributed by atoms with Crippen molar-refractivity contribution in [2.75, 3.05) is 12.8 Å². The fourth-order valence-electron chi connectivity index (χ4n) is 1.53. The van der Waals surface area contributed by atoms with E-state index in [1.807, 2.05) is 13.0 Å². The second kappa shape index (κ2) is 8.89. The topological polar surface area (TPSA) is 140 Å². The molecule has 24 heavy (non-hydrogen) atoms. The average molecular weight is 331 g/mol. The summed E-state index contributed by atoms with van der Waals surface area (Å²) >= 11 is 0. The Kier molecular flexibility index (Phi) is 6.90. The fourth-order valence-corrected chi connectivity index (χ4v) is 1.53. The zero-order valence-corrected chi connectivity index (χ0v) is 13.1. The number of nitrogens with one attached hydrogen (secondary N) is 1. The van der Waals surface area contributed by atoms with Gasteiger partial charge in [-0.25, -0.2) is 9.78 Å². The van der Waals surface area contributed by atoms with Crippen LogP contribution in [0.4, 0.5) is 5.95 Å². The summed E-state index contributed by atoms with van der Waals surface area (Å²) in [5.74, 6) is -2.50. The SMILES string of the molecule is COc1ccc(/C([O-])=C/C(=O)C(=O)O)cc1.Cc1cc[nH+]c(N)n1. The standard InChI is InChI=1S/C11H10O5.C5H7N3/c1-16-8-4-2-7(3-5-8)9(12)6-10(13)11(14)15;1-4-2-3-7-5(6)8-4/h2-6,12H,1H3,(H,14,15);2-3H,1H3,(H2,6,7,8)/b9-6-;. The van der Waals surface area contributed by atoms with Crippen LogP contribution in [0.2, 0.25) is 0 Å². The first-order chi connectivity index (χ1) is 11.3. The van der Waals surface area contributed by atoms with E-state index < -0.39 is 17.5 Å². The van der Waals surface area contributed by atoms with Gasteiger partial charge in [-0.1, -0.05) is 22.9 Å². The van der Waals surface area contributed by atoms with Gasteiger partial charge in [-0.3, -0.25) is 10.5 Å². The van der Waals surface area contributed by atoms with Crippen molar-refractivity contribution in [1.82, 2.24) is 4.98 Å². The lowest BCUT2D eigenvalue weighted by Crippen LogP contribution is -2.13. The highest BCUT2D eigenvalue weighted by Crippen LogP contribution is 2.14. The van der Waals surface area contributed by atoms with E-state index in [9.17, 15) is 14.7 Å². The molecule has 2 aromatic rings. The van der Waals surface area contributed by atoms with Crippen LogP contribution >= 0.6 is 0 Å². The first-order valence-corrected chi connectivity index (χ1v) is 6.74. The van der Waals surface area contributed by atoms with Crippen LogP contribution in [-0.4, -0.2) is 29.0 Å². The minimum Gasteiger partial charge on any atom is -0.872 e. The van der Waals surface area contributed by atoms with Crippen molar-refractivity contribution in [2.45, 2.75) is 6.92 Å². The Labute approximate surface area is 138 Å². The van der Waals surface area contributed by atoms with Crippen molar-refractivity contribution in [3.8, 4) is 5.75 Å². The molecule has 0 aliphatic carbocycles. The van der Waals surface area contributed by atoms with Crippen LogP contribution in [0.5, 0.6) is 5.75 Å². The number of carboxylic acids is 1. The van der Waals surface area contributed by atoms with Crippen molar-refractivity contribution in [1.29, 1.82) is 0 Å². The smallest absolute Gasteiger partial charge is 0.387 e. The highest BCUT2D eigenvalue weighted by molar-refractivity contribution is 6.38. The number of ketones is 1. The molecule has 8 heteroatoms. The van der Waals surface area contributed by atoms with Crippen LogP contribution in [0.15, 0.2) is 42.6 Å². The molecule has 0 bridgehead atoms. The molecule has 0 atom stereocenters. The maximum absolute atomic E-state index is 11.4. The van der Waals surface area contributed by atoms with Crippen LogP contribution in [0.25, 0.3) is 5.76 Å². The van der Waals surface area contributed by atoms with E-state index in [2.05, 4.69) is 9.97 Å². The molecule has 126 valence electrons. The van der Waals surface area contributed by atoms with E-state index in [0.29, 0.717) is 17.8 Å². The van der Waals surface area contributed by atoms with E-state index in [1.165, 1.54) is 19.2 Å². The van der Waals surface area contributed by atoms with Gasteiger partial charge >= 0.3 is 11.9 Å².